The van der Waals surface area contributed by atoms with Crippen molar-refractivity contribution in [3.05, 3.63) is 35.4 Å². The van der Waals surface area contributed by atoms with Crippen LogP contribution >= 0.6 is 0 Å². The third-order valence-electron chi connectivity index (χ3n) is 2.98. The highest BCUT2D eigenvalue weighted by atomic mass is 16.4. The first kappa shape index (κ1) is 15.2. The van der Waals surface area contributed by atoms with Crippen molar-refractivity contribution in [2.75, 3.05) is 0 Å². The number of amides is 1. The van der Waals surface area contributed by atoms with Crippen LogP contribution in [0.25, 0.3) is 0 Å². The van der Waals surface area contributed by atoms with E-state index in [1.165, 1.54) is 0 Å². The Kier molecular flexibility index (Phi) is 5.55. The number of hydrogen-bond donors (Lipinski definition) is 2. The number of nitrogens with one attached hydrogen (secondary N) is 1. The van der Waals surface area contributed by atoms with Crippen LogP contribution in [-0.2, 0) is 9.59 Å². The predicted octanol–water partition coefficient (Wildman–Crippen LogP) is 2.67. The van der Waals surface area contributed by atoms with Crippen LogP contribution in [0.2, 0.25) is 0 Å². The first-order valence-electron chi connectivity index (χ1n) is 6.46. The molecule has 0 saturated carbocycles. The van der Waals surface area contributed by atoms with Crippen LogP contribution in [0.1, 0.15) is 43.9 Å². The van der Waals surface area contributed by atoms with E-state index in [4.69, 9.17) is 5.11 Å². The molecule has 2 N–H and O–H groups in total. The summed E-state index contributed by atoms with van der Waals surface area (Å²) in [6.45, 7) is 5.70. The van der Waals surface area contributed by atoms with Gasteiger partial charge in [0.2, 0.25) is 5.91 Å². The second-order valence-corrected chi connectivity index (χ2v) is 5.11. The summed E-state index contributed by atoms with van der Waals surface area (Å²) in [5, 5.41) is 11.6. The molecule has 104 valence electrons. The minimum Gasteiger partial charge on any atom is -0.481 e. The van der Waals surface area contributed by atoms with E-state index in [0.29, 0.717) is 0 Å². The molecule has 4 nitrogen and oxygen atoms in total. The van der Waals surface area contributed by atoms with Crippen molar-refractivity contribution >= 4 is 11.9 Å². The summed E-state index contributed by atoms with van der Waals surface area (Å²) in [5.74, 6) is -1.13. The fraction of sp³-hybridized carbons (Fsp3) is 0.467. The predicted molar refractivity (Wildman–Crippen MR) is 73.8 cm³/mol. The van der Waals surface area contributed by atoms with Gasteiger partial charge in [-0.15, -0.1) is 0 Å². The van der Waals surface area contributed by atoms with Crippen molar-refractivity contribution in [2.45, 2.75) is 39.7 Å². The highest BCUT2D eigenvalue weighted by Crippen LogP contribution is 2.15. The maximum absolute atomic E-state index is 11.8. The van der Waals surface area contributed by atoms with Crippen LogP contribution in [0.5, 0.6) is 0 Å². The van der Waals surface area contributed by atoms with Crippen molar-refractivity contribution in [1.82, 2.24) is 5.32 Å². The molecule has 0 spiro atoms. The summed E-state index contributed by atoms with van der Waals surface area (Å²) in [6, 6.07) is 7.90. The number of hydrogen-bond acceptors (Lipinski definition) is 2. The van der Waals surface area contributed by atoms with E-state index < -0.39 is 5.97 Å². The van der Waals surface area contributed by atoms with Gasteiger partial charge in [0.05, 0.1) is 6.04 Å². The number of benzene rings is 1. The molecule has 0 aromatic heterocycles. The molecule has 1 aromatic carbocycles. The number of carbonyl (C=O) groups is 2. The number of carboxylic acids is 1. The van der Waals surface area contributed by atoms with Gasteiger partial charge in [-0.1, -0.05) is 36.8 Å². The van der Waals surface area contributed by atoms with Gasteiger partial charge in [-0.2, -0.15) is 0 Å². The van der Waals surface area contributed by atoms with Gasteiger partial charge in [0.15, 0.2) is 0 Å². The molecule has 0 saturated heterocycles. The highest BCUT2D eigenvalue weighted by molar-refractivity contribution is 5.77. The number of carboxylic acid groups (broad SMARTS) is 1. The quantitative estimate of drug-likeness (QED) is 0.829. The van der Waals surface area contributed by atoms with Crippen molar-refractivity contribution < 1.29 is 14.7 Å². The van der Waals surface area contributed by atoms with Crippen molar-refractivity contribution in [3.8, 4) is 0 Å². The van der Waals surface area contributed by atoms with E-state index in [1.54, 1.807) is 6.92 Å². The van der Waals surface area contributed by atoms with E-state index in [0.717, 1.165) is 11.1 Å². The fourth-order valence-corrected chi connectivity index (χ4v) is 2.01. The maximum Gasteiger partial charge on any atom is 0.303 e. The molecular formula is C15H21NO3. The van der Waals surface area contributed by atoms with Gasteiger partial charge >= 0.3 is 5.97 Å². The molecule has 19 heavy (non-hydrogen) atoms. The molecule has 1 unspecified atom stereocenters. The van der Waals surface area contributed by atoms with Crippen molar-refractivity contribution in [3.63, 3.8) is 0 Å². The molecule has 2 atom stereocenters. The van der Waals surface area contributed by atoms with Crippen LogP contribution < -0.4 is 5.32 Å². The summed E-state index contributed by atoms with van der Waals surface area (Å²) in [7, 11) is 0. The molecule has 0 aliphatic rings. The summed E-state index contributed by atoms with van der Waals surface area (Å²) in [6.07, 6.45) is 0.259. The molecule has 0 bridgehead atoms. The molecule has 4 heteroatoms. The lowest BCUT2D eigenvalue weighted by Gasteiger charge is -2.16. The molecule has 1 rings (SSSR count). The second kappa shape index (κ2) is 6.92. The Labute approximate surface area is 113 Å². The normalized spacial score (nSPS) is 13.6. The average Bonchev–Trinajstić information content (AvgIpc) is 2.27. The topological polar surface area (TPSA) is 66.4 Å². The molecular weight excluding hydrogens is 242 g/mol. The van der Waals surface area contributed by atoms with E-state index in [2.05, 4.69) is 5.32 Å². The first-order chi connectivity index (χ1) is 8.88. The Morgan fingerprint density at radius 3 is 2.53 bits per heavy atom. The summed E-state index contributed by atoms with van der Waals surface area (Å²) in [4.78, 5) is 22.3. The molecule has 0 fully saturated rings. The smallest absolute Gasteiger partial charge is 0.303 e. The Morgan fingerprint density at radius 1 is 1.26 bits per heavy atom. The molecule has 1 amide bonds. The van der Waals surface area contributed by atoms with Crippen LogP contribution in [0.15, 0.2) is 24.3 Å². The van der Waals surface area contributed by atoms with Gasteiger partial charge in [0.25, 0.3) is 0 Å². The minimum absolute atomic E-state index is 0.0201. The van der Waals surface area contributed by atoms with Gasteiger partial charge < -0.3 is 10.4 Å². The zero-order chi connectivity index (χ0) is 14.4. The average molecular weight is 263 g/mol. The molecule has 0 aliphatic carbocycles. The third kappa shape index (κ3) is 5.55. The van der Waals surface area contributed by atoms with Crippen LogP contribution in [0, 0.1) is 12.8 Å². The maximum atomic E-state index is 11.8. The summed E-state index contributed by atoms with van der Waals surface area (Å²) >= 11 is 0. The van der Waals surface area contributed by atoms with E-state index in [9.17, 15) is 9.59 Å². The van der Waals surface area contributed by atoms with Gasteiger partial charge in [-0.05, 0) is 25.3 Å². The third-order valence-corrected chi connectivity index (χ3v) is 2.98. The summed E-state index contributed by atoms with van der Waals surface area (Å²) < 4.78 is 0. The van der Waals surface area contributed by atoms with E-state index in [1.807, 2.05) is 38.1 Å². The largest absolute Gasteiger partial charge is 0.481 e. The van der Waals surface area contributed by atoms with Gasteiger partial charge in [0.1, 0.15) is 0 Å². The van der Waals surface area contributed by atoms with Crippen molar-refractivity contribution in [2.24, 2.45) is 5.92 Å². The Morgan fingerprint density at radius 2 is 1.95 bits per heavy atom. The summed E-state index contributed by atoms with van der Waals surface area (Å²) in [5.41, 5.74) is 2.21. The number of rotatable bonds is 6. The minimum atomic E-state index is -0.868. The van der Waals surface area contributed by atoms with Gasteiger partial charge in [-0.25, -0.2) is 0 Å². The Bertz CT molecular complexity index is 456. The standard InChI is InChI=1S/C15H21NO3/c1-10-5-4-6-13(7-10)12(3)16-14(17)8-11(2)9-15(18)19/h4-7,11-12H,8-9H2,1-3H3,(H,16,17)(H,18,19)/t11?,12-/m1/s1. The van der Waals surface area contributed by atoms with E-state index in [-0.39, 0.29) is 30.7 Å². The monoisotopic (exact) mass is 263 g/mol. The lowest BCUT2D eigenvalue weighted by atomic mass is 10.0. The Balaban J connectivity index is 2.50. The zero-order valence-corrected chi connectivity index (χ0v) is 11.6. The SMILES string of the molecule is Cc1cccc([C@@H](C)NC(=O)CC(C)CC(=O)O)c1. The molecule has 0 radical (unpaired) electrons. The molecule has 1 aromatic rings. The fourth-order valence-electron chi connectivity index (χ4n) is 2.01. The lowest BCUT2D eigenvalue weighted by molar-refractivity contribution is -0.138. The molecule has 0 aliphatic heterocycles. The lowest BCUT2D eigenvalue weighted by Crippen LogP contribution is -2.28. The van der Waals surface area contributed by atoms with E-state index >= 15 is 0 Å². The Hall–Kier alpha value is -1.84. The van der Waals surface area contributed by atoms with Gasteiger partial charge in [-0.3, -0.25) is 9.59 Å². The number of aliphatic carboxylic acids is 1. The number of aryl methyl sites for hydroxylation is 1. The highest BCUT2D eigenvalue weighted by Gasteiger charge is 2.15. The number of carbonyl (C=O) groups excluding carboxylic acids is 1. The van der Waals surface area contributed by atoms with Crippen molar-refractivity contribution in [1.29, 1.82) is 0 Å². The van der Waals surface area contributed by atoms with Crippen LogP contribution in [0.3, 0.4) is 0 Å². The van der Waals surface area contributed by atoms with Gasteiger partial charge in [0, 0.05) is 12.8 Å². The van der Waals surface area contributed by atoms with Crippen LogP contribution in [-0.4, -0.2) is 17.0 Å². The first-order valence-corrected chi connectivity index (χ1v) is 6.46. The second-order valence-electron chi connectivity index (χ2n) is 5.11. The zero-order valence-electron chi connectivity index (χ0n) is 11.6. The van der Waals surface area contributed by atoms with Crippen LogP contribution in [0.4, 0.5) is 0 Å². The molecule has 0 heterocycles.